The predicted molar refractivity (Wildman–Crippen MR) is 106 cm³/mol. The third-order valence-corrected chi connectivity index (χ3v) is 6.95. The highest BCUT2D eigenvalue weighted by Crippen LogP contribution is 2.29. The molecule has 1 aliphatic rings. The summed E-state index contributed by atoms with van der Waals surface area (Å²) >= 11 is 0. The molecule has 1 aromatic carbocycles. The number of hydrogen-bond acceptors (Lipinski definition) is 6. The topological polar surface area (TPSA) is 91.2 Å². The Bertz CT molecular complexity index is 1160. The van der Waals surface area contributed by atoms with Crippen molar-refractivity contribution in [3.63, 3.8) is 0 Å². The smallest absolute Gasteiger partial charge is 0.224 e. The lowest BCUT2D eigenvalue weighted by atomic mass is 10.1. The molecule has 3 aromatic rings. The second-order valence-electron chi connectivity index (χ2n) is 7.12. The fourth-order valence-electron chi connectivity index (χ4n) is 3.91. The molecule has 146 valence electrons. The van der Waals surface area contributed by atoms with E-state index in [-0.39, 0.29) is 29.9 Å². The Morgan fingerprint density at radius 3 is 2.79 bits per heavy atom. The van der Waals surface area contributed by atoms with Crippen molar-refractivity contribution in [2.24, 2.45) is 0 Å². The highest BCUT2D eigenvalue weighted by Gasteiger charge is 2.31. The molecule has 1 saturated heterocycles. The van der Waals surface area contributed by atoms with Gasteiger partial charge in [0.15, 0.2) is 16.4 Å². The molecule has 2 aromatic heterocycles. The molecule has 0 N–H and O–H groups in total. The van der Waals surface area contributed by atoms with Crippen LogP contribution in [0.3, 0.4) is 0 Å². The maximum absolute atomic E-state index is 12.8. The van der Waals surface area contributed by atoms with E-state index in [1.54, 1.807) is 0 Å². The lowest BCUT2D eigenvalue weighted by Crippen LogP contribution is -2.16. The zero-order valence-corrected chi connectivity index (χ0v) is 16.6. The van der Waals surface area contributed by atoms with Crippen molar-refractivity contribution < 1.29 is 17.9 Å². The van der Waals surface area contributed by atoms with Crippen LogP contribution in [-0.4, -0.2) is 46.8 Å². The van der Waals surface area contributed by atoms with Gasteiger partial charge in [0.2, 0.25) is 11.7 Å². The summed E-state index contributed by atoms with van der Waals surface area (Å²) < 4.78 is 31.3. The van der Waals surface area contributed by atoms with Crippen molar-refractivity contribution in [3.8, 4) is 5.88 Å². The molecule has 0 bridgehead atoms. The van der Waals surface area contributed by atoms with Crippen LogP contribution in [0, 0.1) is 13.8 Å². The molecule has 1 fully saturated rings. The first-order chi connectivity index (χ1) is 13.4. The zero-order valence-electron chi connectivity index (χ0n) is 15.8. The first-order valence-electron chi connectivity index (χ1n) is 9.10. The van der Waals surface area contributed by atoms with Crippen molar-refractivity contribution in [2.45, 2.75) is 26.3 Å². The molecule has 0 aliphatic carbocycles. The van der Waals surface area contributed by atoms with Gasteiger partial charge >= 0.3 is 0 Å². The SMILES string of the molecule is Cc1cc(C(=O)COc2ncnc3ccccc23)c(C)n1C1CCS(=O)(=O)C1. The average Bonchev–Trinajstić information content (AvgIpc) is 3.17. The van der Waals surface area contributed by atoms with Crippen LogP contribution in [-0.2, 0) is 9.84 Å². The molecule has 1 aliphatic heterocycles. The standard InChI is InChI=1S/C20H21N3O4S/c1-13-9-17(14(2)23(13)15-7-8-28(25,26)11-15)19(24)10-27-20-16-5-3-4-6-18(16)21-12-22-20/h3-6,9,12,15H,7-8,10-11H2,1-2H3. The second kappa shape index (κ2) is 7.01. The van der Waals surface area contributed by atoms with Crippen LogP contribution < -0.4 is 4.74 Å². The van der Waals surface area contributed by atoms with E-state index in [0.29, 0.717) is 17.9 Å². The van der Waals surface area contributed by atoms with Crippen molar-refractivity contribution in [2.75, 3.05) is 18.1 Å². The first kappa shape index (κ1) is 18.6. The number of fused-ring (bicyclic) bond motifs is 1. The lowest BCUT2D eigenvalue weighted by Gasteiger charge is -2.16. The maximum Gasteiger partial charge on any atom is 0.224 e. The van der Waals surface area contributed by atoms with E-state index < -0.39 is 9.84 Å². The minimum atomic E-state index is -3.00. The van der Waals surface area contributed by atoms with E-state index in [9.17, 15) is 13.2 Å². The number of hydrogen-bond donors (Lipinski definition) is 0. The number of carbonyl (C=O) groups is 1. The van der Waals surface area contributed by atoms with Gasteiger partial charge < -0.3 is 9.30 Å². The molecule has 28 heavy (non-hydrogen) atoms. The molecule has 7 nitrogen and oxygen atoms in total. The quantitative estimate of drug-likeness (QED) is 0.613. The molecule has 4 rings (SSSR count). The molecule has 3 heterocycles. The van der Waals surface area contributed by atoms with Crippen molar-refractivity contribution in [3.05, 3.63) is 53.6 Å². The van der Waals surface area contributed by atoms with Gasteiger partial charge in [0.05, 0.1) is 22.4 Å². The monoisotopic (exact) mass is 399 g/mol. The number of aryl methyl sites for hydroxylation is 1. The molecule has 8 heteroatoms. The molecule has 0 saturated carbocycles. The Kier molecular flexibility index (Phi) is 4.66. The van der Waals surface area contributed by atoms with E-state index >= 15 is 0 Å². The Morgan fingerprint density at radius 1 is 1.25 bits per heavy atom. The molecule has 0 amide bonds. The number of carbonyl (C=O) groups excluding carboxylic acids is 1. The van der Waals surface area contributed by atoms with Gasteiger partial charge in [-0.15, -0.1) is 0 Å². The summed E-state index contributed by atoms with van der Waals surface area (Å²) in [6, 6.07) is 9.14. The Morgan fingerprint density at radius 2 is 2.04 bits per heavy atom. The zero-order chi connectivity index (χ0) is 19.9. The summed E-state index contributed by atoms with van der Waals surface area (Å²) in [6.45, 7) is 3.60. The molecule has 0 radical (unpaired) electrons. The number of para-hydroxylation sites is 1. The van der Waals surface area contributed by atoms with Gasteiger partial charge in [0, 0.05) is 23.0 Å². The van der Waals surface area contributed by atoms with Crippen LogP contribution in [0.15, 0.2) is 36.7 Å². The first-order valence-corrected chi connectivity index (χ1v) is 10.9. The molecular weight excluding hydrogens is 378 g/mol. The van der Waals surface area contributed by atoms with Gasteiger partial charge in [0.1, 0.15) is 6.33 Å². The number of Topliss-reactive ketones (excluding diaryl/α,β-unsaturated/α-hetero) is 1. The average molecular weight is 399 g/mol. The second-order valence-corrected chi connectivity index (χ2v) is 9.35. The predicted octanol–water partition coefficient (Wildman–Crippen LogP) is 2.67. The van der Waals surface area contributed by atoms with Gasteiger partial charge in [-0.25, -0.2) is 18.4 Å². The summed E-state index contributed by atoms with van der Waals surface area (Å²) in [5, 5.41) is 0.749. The van der Waals surface area contributed by atoms with Crippen LogP contribution in [0.4, 0.5) is 0 Å². The summed E-state index contributed by atoms with van der Waals surface area (Å²) in [5.74, 6) is 0.528. The fourth-order valence-corrected chi connectivity index (χ4v) is 5.61. The van der Waals surface area contributed by atoms with Crippen LogP contribution >= 0.6 is 0 Å². The Balaban J connectivity index is 1.55. The number of aromatic nitrogens is 3. The van der Waals surface area contributed by atoms with E-state index in [4.69, 9.17) is 4.74 Å². The maximum atomic E-state index is 12.8. The van der Waals surface area contributed by atoms with Crippen molar-refractivity contribution >= 4 is 26.5 Å². The molecule has 0 spiro atoms. The number of sulfone groups is 1. The number of ether oxygens (including phenoxy) is 1. The number of benzene rings is 1. The van der Waals surface area contributed by atoms with Gasteiger partial charge in [-0.1, -0.05) is 12.1 Å². The highest BCUT2D eigenvalue weighted by atomic mass is 32.2. The number of nitrogens with zero attached hydrogens (tertiary/aromatic N) is 3. The highest BCUT2D eigenvalue weighted by molar-refractivity contribution is 7.91. The minimum absolute atomic E-state index is 0.113. The fraction of sp³-hybridized carbons (Fsp3) is 0.350. The largest absolute Gasteiger partial charge is 0.469 e. The Hall–Kier alpha value is -2.74. The lowest BCUT2D eigenvalue weighted by molar-refractivity contribution is 0.0918. The van der Waals surface area contributed by atoms with Crippen molar-refractivity contribution in [1.82, 2.24) is 14.5 Å². The van der Waals surface area contributed by atoms with Crippen LogP contribution in [0.25, 0.3) is 10.9 Å². The van der Waals surface area contributed by atoms with E-state index in [0.717, 1.165) is 22.3 Å². The number of ketones is 1. The molecule has 1 unspecified atom stereocenters. The van der Waals surface area contributed by atoms with Gasteiger partial charge in [-0.05, 0) is 38.5 Å². The number of rotatable bonds is 5. The van der Waals surface area contributed by atoms with E-state index in [1.807, 2.05) is 48.7 Å². The van der Waals surface area contributed by atoms with Gasteiger partial charge in [-0.3, -0.25) is 4.79 Å². The van der Waals surface area contributed by atoms with Crippen LogP contribution in [0.5, 0.6) is 5.88 Å². The minimum Gasteiger partial charge on any atom is -0.469 e. The molecular formula is C20H21N3O4S. The third-order valence-electron chi connectivity index (χ3n) is 5.20. The normalized spacial score (nSPS) is 18.4. The summed E-state index contributed by atoms with van der Waals surface area (Å²) in [5.41, 5.74) is 2.97. The summed E-state index contributed by atoms with van der Waals surface area (Å²) in [4.78, 5) is 21.1. The summed E-state index contributed by atoms with van der Waals surface area (Å²) in [6.07, 6.45) is 1.99. The van der Waals surface area contributed by atoms with Gasteiger partial charge in [-0.2, -0.15) is 0 Å². The Labute approximate surface area is 163 Å². The van der Waals surface area contributed by atoms with E-state index in [1.165, 1.54) is 6.33 Å². The van der Waals surface area contributed by atoms with E-state index in [2.05, 4.69) is 9.97 Å². The third kappa shape index (κ3) is 3.40. The summed E-state index contributed by atoms with van der Waals surface area (Å²) in [7, 11) is -3.00. The van der Waals surface area contributed by atoms with Gasteiger partial charge in [0.25, 0.3) is 0 Å². The van der Waals surface area contributed by atoms with Crippen LogP contribution in [0.1, 0.15) is 34.2 Å². The van der Waals surface area contributed by atoms with Crippen molar-refractivity contribution in [1.29, 1.82) is 0 Å². The van der Waals surface area contributed by atoms with Crippen LogP contribution in [0.2, 0.25) is 0 Å². The molecule has 1 atom stereocenters.